The van der Waals surface area contributed by atoms with Crippen LogP contribution in [0.3, 0.4) is 0 Å². The molecule has 0 radical (unpaired) electrons. The van der Waals surface area contributed by atoms with Crippen molar-refractivity contribution in [3.05, 3.63) is 63.9 Å². The summed E-state index contributed by atoms with van der Waals surface area (Å²) in [6.45, 7) is 2.73. The van der Waals surface area contributed by atoms with Crippen molar-refractivity contribution in [2.45, 2.75) is 49.9 Å². The lowest BCUT2D eigenvalue weighted by molar-refractivity contribution is -0.170. The summed E-state index contributed by atoms with van der Waals surface area (Å²) in [5, 5.41) is 43.8. The normalized spacial score (nSPS) is 16.4. The highest BCUT2D eigenvalue weighted by atomic mass is 35.5. The van der Waals surface area contributed by atoms with Gasteiger partial charge in [0.1, 0.15) is 0 Å². The number of carbonyl (C=O) groups is 4. The first-order valence-electron chi connectivity index (χ1n) is 13.8. The van der Waals surface area contributed by atoms with Crippen molar-refractivity contribution in [1.29, 1.82) is 0 Å². The third-order valence-electron chi connectivity index (χ3n) is 7.85. The fourth-order valence-corrected chi connectivity index (χ4v) is 5.76. The molecule has 2 aromatic rings. The molecule has 44 heavy (non-hydrogen) atoms. The number of halogens is 2. The van der Waals surface area contributed by atoms with Gasteiger partial charge in [-0.25, -0.2) is 9.18 Å². The number of rotatable bonds is 10. The van der Waals surface area contributed by atoms with Crippen molar-refractivity contribution in [2.75, 3.05) is 33.7 Å². The van der Waals surface area contributed by atoms with Gasteiger partial charge < -0.3 is 40.1 Å². The lowest BCUT2D eigenvalue weighted by Crippen LogP contribution is -2.46. The molecule has 0 bridgehead atoms. The zero-order chi connectivity index (χ0) is 32.8. The van der Waals surface area contributed by atoms with Crippen LogP contribution < -0.4 is 0 Å². The second-order valence-corrected chi connectivity index (χ2v) is 11.6. The van der Waals surface area contributed by atoms with Crippen molar-refractivity contribution in [3.63, 3.8) is 0 Å². The average Bonchev–Trinajstić information content (AvgIpc) is 3.30. The topological polar surface area (TPSA) is 185 Å². The molecule has 2 aliphatic heterocycles. The van der Waals surface area contributed by atoms with E-state index in [1.807, 2.05) is 6.07 Å². The number of amides is 1. The third kappa shape index (κ3) is 8.23. The summed E-state index contributed by atoms with van der Waals surface area (Å²) >= 11 is 6.20. The Hall–Kier alpha value is -3.78. The van der Waals surface area contributed by atoms with E-state index in [0.717, 1.165) is 25.9 Å². The Balaban J connectivity index is 0.000000345. The van der Waals surface area contributed by atoms with Crippen LogP contribution >= 0.6 is 11.6 Å². The number of hydrogen-bond donors (Lipinski definition) is 5. The van der Waals surface area contributed by atoms with Crippen molar-refractivity contribution in [2.24, 2.45) is 5.92 Å². The minimum absolute atomic E-state index is 0.0819. The number of phenols is 1. The van der Waals surface area contributed by atoms with Gasteiger partial charge in [0.25, 0.3) is 0 Å². The first kappa shape index (κ1) is 34.7. The number of hydrogen-bond acceptors (Lipinski definition) is 8. The second-order valence-electron chi connectivity index (χ2n) is 11.2. The van der Waals surface area contributed by atoms with Gasteiger partial charge in [-0.3, -0.25) is 14.4 Å². The lowest BCUT2D eigenvalue weighted by atomic mass is 9.83. The summed E-state index contributed by atoms with van der Waals surface area (Å²) in [6, 6.07) is 11.1. The number of aliphatic carboxylic acids is 3. The monoisotopic (exact) mass is 638 g/mol. The molecular weight excluding hydrogens is 603 g/mol. The van der Waals surface area contributed by atoms with Crippen LogP contribution in [0.5, 0.6) is 5.75 Å². The Labute approximate surface area is 258 Å². The Morgan fingerprint density at radius 2 is 1.64 bits per heavy atom. The van der Waals surface area contributed by atoms with E-state index in [0.29, 0.717) is 13.2 Å². The van der Waals surface area contributed by atoms with Crippen molar-refractivity contribution in [3.8, 4) is 5.75 Å². The standard InChI is InChI=1S/C24H28ClFN2O3.C6H8O7/c1-27(2)23(30)17(13-18-20(25)7-8-21(29)22(18)26)14-28-11-9-24(10-12-28)19-6-4-3-5-16(19)15-31-24;7-3(8)1-6(13,5(11)12)2-4(9)10/h3-8,17,29H,9-15H2,1-2H3;13H,1-2H2,(H,7,8)(H,9,10)(H,11,12). The lowest BCUT2D eigenvalue weighted by Gasteiger charge is -2.40. The maximum atomic E-state index is 14.5. The maximum Gasteiger partial charge on any atom is 0.336 e. The molecule has 0 saturated carbocycles. The summed E-state index contributed by atoms with van der Waals surface area (Å²) < 4.78 is 20.8. The van der Waals surface area contributed by atoms with Gasteiger partial charge in [-0.05, 0) is 42.5 Å². The zero-order valence-electron chi connectivity index (χ0n) is 24.3. The number of phenolic OH excluding ortho intramolecular Hbond substituents is 1. The molecule has 2 aliphatic rings. The molecule has 1 spiro atoms. The zero-order valence-corrected chi connectivity index (χ0v) is 25.1. The van der Waals surface area contributed by atoms with Gasteiger partial charge >= 0.3 is 17.9 Å². The van der Waals surface area contributed by atoms with Crippen LogP contribution in [0.15, 0.2) is 36.4 Å². The van der Waals surface area contributed by atoms with E-state index in [1.54, 1.807) is 14.1 Å². The SMILES string of the molecule is CN(C)C(=O)C(Cc1c(Cl)ccc(O)c1F)CN1CCC2(CC1)OCc1ccccc12.O=C(O)CC(O)(CC(=O)O)C(=O)O. The molecule has 0 aliphatic carbocycles. The average molecular weight is 639 g/mol. The number of aromatic hydroxyl groups is 1. The van der Waals surface area contributed by atoms with Crippen LogP contribution in [0.2, 0.25) is 5.02 Å². The van der Waals surface area contributed by atoms with Gasteiger partial charge in [0.2, 0.25) is 5.91 Å². The first-order valence-corrected chi connectivity index (χ1v) is 14.2. The van der Waals surface area contributed by atoms with E-state index in [9.17, 15) is 28.7 Å². The van der Waals surface area contributed by atoms with Gasteiger partial charge in [0.05, 0.1) is 31.0 Å². The third-order valence-corrected chi connectivity index (χ3v) is 8.20. The van der Waals surface area contributed by atoms with Crippen LogP contribution in [0.25, 0.3) is 0 Å². The van der Waals surface area contributed by atoms with Gasteiger partial charge in [-0.1, -0.05) is 35.9 Å². The molecule has 1 amide bonds. The van der Waals surface area contributed by atoms with E-state index >= 15 is 0 Å². The predicted molar refractivity (Wildman–Crippen MR) is 155 cm³/mol. The number of carboxylic acids is 3. The number of piperidine rings is 1. The van der Waals surface area contributed by atoms with Gasteiger partial charge in [0.15, 0.2) is 17.2 Å². The van der Waals surface area contributed by atoms with Crippen molar-refractivity contribution in [1.82, 2.24) is 9.80 Å². The molecular formula is C30H36ClFN2O10. The molecule has 4 rings (SSSR count). The quantitative estimate of drug-likeness (QED) is 0.258. The van der Waals surface area contributed by atoms with E-state index in [4.69, 9.17) is 36.8 Å². The molecule has 240 valence electrons. The summed E-state index contributed by atoms with van der Waals surface area (Å²) in [6.07, 6.45) is -0.442. The van der Waals surface area contributed by atoms with E-state index in [2.05, 4.69) is 23.1 Å². The molecule has 1 saturated heterocycles. The molecule has 14 heteroatoms. The fraction of sp³-hybridized carbons (Fsp3) is 0.467. The number of nitrogens with zero attached hydrogens (tertiary/aromatic N) is 2. The Kier molecular flexibility index (Phi) is 11.3. The van der Waals surface area contributed by atoms with Crippen LogP contribution in [-0.4, -0.2) is 98.5 Å². The van der Waals surface area contributed by atoms with Gasteiger partial charge in [0, 0.05) is 44.3 Å². The molecule has 1 unspecified atom stereocenters. The van der Waals surface area contributed by atoms with E-state index in [1.165, 1.54) is 28.2 Å². The van der Waals surface area contributed by atoms with Crippen LogP contribution in [0.1, 0.15) is 42.4 Å². The van der Waals surface area contributed by atoms with Crippen molar-refractivity contribution < 1.29 is 53.8 Å². The smallest absolute Gasteiger partial charge is 0.336 e. The summed E-state index contributed by atoms with van der Waals surface area (Å²) in [7, 11) is 3.40. The van der Waals surface area contributed by atoms with Gasteiger partial charge in [-0.2, -0.15) is 0 Å². The highest BCUT2D eigenvalue weighted by molar-refractivity contribution is 6.31. The molecule has 2 heterocycles. The molecule has 1 atom stereocenters. The second kappa shape index (κ2) is 14.3. The van der Waals surface area contributed by atoms with Crippen LogP contribution in [-0.2, 0) is 42.5 Å². The molecule has 5 N–H and O–H groups in total. The molecule has 2 aromatic carbocycles. The Bertz CT molecular complexity index is 1380. The largest absolute Gasteiger partial charge is 0.505 e. The van der Waals surface area contributed by atoms with Crippen LogP contribution in [0, 0.1) is 11.7 Å². The fourth-order valence-electron chi connectivity index (χ4n) is 5.53. The summed E-state index contributed by atoms with van der Waals surface area (Å²) in [5.74, 6) is -6.77. The summed E-state index contributed by atoms with van der Waals surface area (Å²) in [5.41, 5.74) is -0.259. The number of benzene rings is 2. The number of aliphatic hydroxyl groups is 1. The number of carboxylic acid groups (broad SMARTS) is 3. The number of likely N-dealkylation sites (tertiary alicyclic amines) is 1. The highest BCUT2D eigenvalue weighted by Crippen LogP contribution is 2.44. The Morgan fingerprint density at radius 1 is 1.05 bits per heavy atom. The van der Waals surface area contributed by atoms with Crippen LogP contribution in [0.4, 0.5) is 4.39 Å². The molecule has 12 nitrogen and oxygen atoms in total. The van der Waals surface area contributed by atoms with Gasteiger partial charge in [-0.15, -0.1) is 0 Å². The Morgan fingerprint density at radius 3 is 2.18 bits per heavy atom. The number of carbonyl (C=O) groups excluding carboxylic acids is 1. The first-order chi connectivity index (χ1) is 20.6. The minimum Gasteiger partial charge on any atom is -0.505 e. The predicted octanol–water partition coefficient (Wildman–Crippen LogP) is 2.70. The van der Waals surface area contributed by atoms with E-state index < -0.39 is 53.8 Å². The number of fused-ring (bicyclic) bond motifs is 2. The molecule has 1 fully saturated rings. The molecule has 0 aromatic heterocycles. The maximum absolute atomic E-state index is 14.5. The van der Waals surface area contributed by atoms with E-state index in [-0.39, 0.29) is 28.5 Å². The minimum atomic E-state index is -2.74. The number of ether oxygens (including phenoxy) is 1. The summed E-state index contributed by atoms with van der Waals surface area (Å²) in [4.78, 5) is 47.1. The van der Waals surface area contributed by atoms with Crippen molar-refractivity contribution >= 4 is 35.4 Å². The highest BCUT2D eigenvalue weighted by Gasteiger charge is 2.43.